The molecule has 3 heterocycles. The number of nitrogens with one attached hydrogen (secondary N) is 1. The van der Waals surface area contributed by atoms with E-state index in [4.69, 9.17) is 11.6 Å². The van der Waals surface area contributed by atoms with Gasteiger partial charge in [-0.25, -0.2) is 9.48 Å². The fourth-order valence-electron chi connectivity index (χ4n) is 3.18. The predicted octanol–water partition coefficient (Wildman–Crippen LogP) is 2.94. The van der Waals surface area contributed by atoms with E-state index in [2.05, 4.69) is 31.8 Å². The van der Waals surface area contributed by atoms with Gasteiger partial charge in [0.15, 0.2) is 5.82 Å². The normalized spacial score (nSPS) is 15.0. The Kier molecular flexibility index (Phi) is 5.56. The van der Waals surface area contributed by atoms with Crippen LogP contribution in [-0.2, 0) is 13.6 Å². The van der Waals surface area contributed by atoms with Gasteiger partial charge >= 0.3 is 6.03 Å². The minimum atomic E-state index is -0.0907. The maximum Gasteiger partial charge on any atom is 0.321 e. The zero-order chi connectivity index (χ0) is 19.5. The lowest BCUT2D eigenvalue weighted by Crippen LogP contribution is -2.49. The number of carbonyl (C=O) groups is 1. The number of urea groups is 1. The van der Waals surface area contributed by atoms with Gasteiger partial charge in [0, 0.05) is 55.9 Å². The molecule has 0 bridgehead atoms. The molecule has 0 saturated carbocycles. The molecule has 8 nitrogen and oxygen atoms in total. The molecular formula is C18H20ClN7OS. The number of aromatic nitrogens is 4. The van der Waals surface area contributed by atoms with E-state index in [0.717, 1.165) is 35.2 Å². The second-order valence-electron chi connectivity index (χ2n) is 6.61. The minimum Gasteiger partial charge on any atom is -0.322 e. The molecule has 2 aromatic heterocycles. The van der Waals surface area contributed by atoms with Crippen LogP contribution in [0.1, 0.15) is 4.88 Å². The lowest BCUT2D eigenvalue weighted by atomic mass is 10.2. The van der Waals surface area contributed by atoms with Gasteiger partial charge in [0.1, 0.15) is 0 Å². The number of benzene rings is 1. The van der Waals surface area contributed by atoms with E-state index in [-0.39, 0.29) is 6.03 Å². The third kappa shape index (κ3) is 4.32. The Labute approximate surface area is 171 Å². The number of thiophene rings is 1. The van der Waals surface area contributed by atoms with Crippen molar-refractivity contribution in [2.45, 2.75) is 6.54 Å². The van der Waals surface area contributed by atoms with Crippen LogP contribution in [0.2, 0.25) is 4.34 Å². The monoisotopic (exact) mass is 417 g/mol. The van der Waals surface area contributed by atoms with Gasteiger partial charge in [-0.2, -0.15) is 0 Å². The summed E-state index contributed by atoms with van der Waals surface area (Å²) in [4.78, 5) is 18.1. The lowest BCUT2D eigenvalue weighted by Gasteiger charge is -2.34. The Balaban J connectivity index is 1.33. The number of nitrogens with zero attached hydrogens (tertiary/aromatic N) is 6. The van der Waals surface area contributed by atoms with Crippen LogP contribution in [0, 0.1) is 0 Å². The van der Waals surface area contributed by atoms with Crippen LogP contribution in [0.5, 0.6) is 0 Å². The van der Waals surface area contributed by atoms with Crippen LogP contribution in [0.15, 0.2) is 36.4 Å². The Morgan fingerprint density at radius 1 is 1.21 bits per heavy atom. The Bertz CT molecular complexity index is 964. The summed E-state index contributed by atoms with van der Waals surface area (Å²) < 4.78 is 2.41. The minimum absolute atomic E-state index is 0.0907. The number of piperazine rings is 1. The molecule has 0 radical (unpaired) electrons. The third-order valence-corrected chi connectivity index (χ3v) is 5.88. The number of aryl methyl sites for hydroxylation is 1. The lowest BCUT2D eigenvalue weighted by molar-refractivity contribution is 0.143. The zero-order valence-corrected chi connectivity index (χ0v) is 16.9. The predicted molar refractivity (Wildman–Crippen MR) is 109 cm³/mol. The van der Waals surface area contributed by atoms with Crippen LogP contribution in [-0.4, -0.2) is 62.2 Å². The van der Waals surface area contributed by atoms with Gasteiger partial charge in [-0.05, 0) is 34.7 Å². The number of amides is 2. The average molecular weight is 418 g/mol. The van der Waals surface area contributed by atoms with E-state index in [1.165, 1.54) is 4.88 Å². The van der Waals surface area contributed by atoms with Crippen molar-refractivity contribution in [1.29, 1.82) is 0 Å². The molecule has 10 heteroatoms. The second-order valence-corrected chi connectivity index (χ2v) is 8.41. The van der Waals surface area contributed by atoms with Crippen LogP contribution < -0.4 is 5.32 Å². The molecule has 0 spiro atoms. The van der Waals surface area contributed by atoms with Crippen molar-refractivity contribution < 1.29 is 4.79 Å². The van der Waals surface area contributed by atoms with E-state index in [1.54, 1.807) is 23.1 Å². The number of carbonyl (C=O) groups excluding carboxylic acids is 1. The molecule has 1 aromatic carbocycles. The summed E-state index contributed by atoms with van der Waals surface area (Å²) in [5.74, 6) is 0.651. The van der Waals surface area contributed by atoms with E-state index in [1.807, 2.05) is 35.2 Å². The molecule has 1 aliphatic heterocycles. The molecule has 3 aromatic rings. The molecular weight excluding hydrogens is 398 g/mol. The zero-order valence-electron chi connectivity index (χ0n) is 15.4. The molecule has 0 unspecified atom stereocenters. The highest BCUT2D eigenvalue weighted by Gasteiger charge is 2.21. The first kappa shape index (κ1) is 18.9. The fourth-order valence-corrected chi connectivity index (χ4v) is 4.31. The van der Waals surface area contributed by atoms with Gasteiger partial charge in [-0.3, -0.25) is 4.90 Å². The number of rotatable bonds is 4. The number of anilines is 1. The van der Waals surface area contributed by atoms with Gasteiger partial charge in [-0.1, -0.05) is 23.7 Å². The number of halogens is 1. The summed E-state index contributed by atoms with van der Waals surface area (Å²) in [5.41, 5.74) is 1.57. The van der Waals surface area contributed by atoms with Gasteiger partial charge in [0.05, 0.1) is 4.34 Å². The number of tetrazole rings is 1. The maximum absolute atomic E-state index is 12.6. The first-order valence-electron chi connectivity index (χ1n) is 8.94. The summed E-state index contributed by atoms with van der Waals surface area (Å²) in [5, 5.41) is 14.5. The van der Waals surface area contributed by atoms with Crippen LogP contribution >= 0.6 is 22.9 Å². The summed E-state index contributed by atoms with van der Waals surface area (Å²) >= 11 is 7.61. The summed E-state index contributed by atoms with van der Waals surface area (Å²) in [6, 6.07) is 11.4. The molecule has 0 atom stereocenters. The Morgan fingerprint density at radius 3 is 2.71 bits per heavy atom. The molecule has 28 heavy (non-hydrogen) atoms. The highest BCUT2D eigenvalue weighted by Crippen LogP contribution is 2.23. The van der Waals surface area contributed by atoms with E-state index < -0.39 is 0 Å². The summed E-state index contributed by atoms with van der Waals surface area (Å²) in [7, 11) is 1.78. The van der Waals surface area contributed by atoms with Crippen LogP contribution in [0.25, 0.3) is 11.4 Å². The van der Waals surface area contributed by atoms with Gasteiger partial charge < -0.3 is 10.2 Å². The largest absolute Gasteiger partial charge is 0.322 e. The van der Waals surface area contributed by atoms with Crippen molar-refractivity contribution >= 4 is 34.7 Å². The highest BCUT2D eigenvalue weighted by molar-refractivity contribution is 7.16. The molecule has 4 rings (SSSR count). The highest BCUT2D eigenvalue weighted by atomic mass is 35.5. The van der Waals surface area contributed by atoms with Crippen molar-refractivity contribution in [3.63, 3.8) is 0 Å². The second kappa shape index (κ2) is 8.26. The van der Waals surface area contributed by atoms with Crippen molar-refractivity contribution in [1.82, 2.24) is 30.0 Å². The molecule has 1 aliphatic rings. The van der Waals surface area contributed by atoms with Crippen molar-refractivity contribution in [2.75, 3.05) is 31.5 Å². The first-order chi connectivity index (χ1) is 13.6. The fraction of sp³-hybridized carbons (Fsp3) is 0.333. The standard InChI is InChI=1S/C18H20ClN7OS/c1-24-17(21-22-23-24)13-3-2-4-14(11-13)20-18(27)26-9-7-25(8-10-26)12-15-5-6-16(19)28-15/h2-6,11H,7-10,12H2,1H3,(H,20,27). The Hall–Kier alpha value is -2.49. The van der Waals surface area contributed by atoms with Gasteiger partial charge in [-0.15, -0.1) is 16.4 Å². The molecule has 1 N–H and O–H groups in total. The molecule has 0 aliphatic carbocycles. The van der Waals surface area contributed by atoms with Crippen LogP contribution in [0.3, 0.4) is 0 Å². The van der Waals surface area contributed by atoms with Gasteiger partial charge in [0.2, 0.25) is 0 Å². The van der Waals surface area contributed by atoms with E-state index >= 15 is 0 Å². The van der Waals surface area contributed by atoms with E-state index in [9.17, 15) is 4.79 Å². The van der Waals surface area contributed by atoms with Crippen molar-refractivity contribution in [2.24, 2.45) is 7.05 Å². The number of hydrogen-bond acceptors (Lipinski definition) is 6. The van der Waals surface area contributed by atoms with E-state index in [0.29, 0.717) is 18.9 Å². The molecule has 1 fully saturated rings. The number of hydrogen-bond donors (Lipinski definition) is 1. The van der Waals surface area contributed by atoms with Crippen LogP contribution in [0.4, 0.5) is 10.5 Å². The third-order valence-electron chi connectivity index (χ3n) is 4.66. The SMILES string of the molecule is Cn1nnnc1-c1cccc(NC(=O)N2CCN(Cc3ccc(Cl)s3)CC2)c1. The molecule has 2 amide bonds. The average Bonchev–Trinajstić information content (AvgIpc) is 3.30. The Morgan fingerprint density at radius 2 is 2.04 bits per heavy atom. The van der Waals surface area contributed by atoms with Crippen molar-refractivity contribution in [3.05, 3.63) is 45.6 Å². The summed E-state index contributed by atoms with van der Waals surface area (Å²) in [6.45, 7) is 3.94. The smallest absolute Gasteiger partial charge is 0.321 e. The maximum atomic E-state index is 12.6. The topological polar surface area (TPSA) is 79.2 Å². The molecule has 146 valence electrons. The van der Waals surface area contributed by atoms with Crippen molar-refractivity contribution in [3.8, 4) is 11.4 Å². The molecule has 1 saturated heterocycles. The van der Waals surface area contributed by atoms with Gasteiger partial charge in [0.25, 0.3) is 0 Å². The first-order valence-corrected chi connectivity index (χ1v) is 10.1. The summed E-state index contributed by atoms with van der Waals surface area (Å²) in [6.07, 6.45) is 0. The quantitative estimate of drug-likeness (QED) is 0.706.